The van der Waals surface area contributed by atoms with Crippen molar-refractivity contribution in [1.82, 2.24) is 25.4 Å². The van der Waals surface area contributed by atoms with Gasteiger partial charge < -0.3 is 15.2 Å². The number of unbranched alkanes of at least 4 members (excludes halogenated alkanes) is 3. The molecule has 2 N–H and O–H groups in total. The third kappa shape index (κ3) is 7.35. The van der Waals surface area contributed by atoms with Crippen molar-refractivity contribution in [3.63, 3.8) is 0 Å². The Labute approximate surface area is 169 Å². The van der Waals surface area contributed by atoms with Gasteiger partial charge in [0.2, 0.25) is 0 Å². The highest BCUT2D eigenvalue weighted by molar-refractivity contribution is 7.98. The highest BCUT2D eigenvalue weighted by atomic mass is 32.2. The van der Waals surface area contributed by atoms with Gasteiger partial charge in [-0.15, -0.1) is 10.2 Å². The summed E-state index contributed by atoms with van der Waals surface area (Å²) in [5.41, 5.74) is 0. The fraction of sp³-hybridized carbons (Fsp3) is 0.850. The van der Waals surface area contributed by atoms with Crippen LogP contribution < -0.4 is 10.6 Å². The van der Waals surface area contributed by atoms with Crippen molar-refractivity contribution in [2.45, 2.75) is 89.3 Å². The summed E-state index contributed by atoms with van der Waals surface area (Å²) in [5, 5.41) is 16.7. The molecule has 1 aliphatic carbocycles. The van der Waals surface area contributed by atoms with Gasteiger partial charge in [0.1, 0.15) is 5.82 Å². The number of guanidine groups is 1. The van der Waals surface area contributed by atoms with Gasteiger partial charge in [-0.3, -0.25) is 4.99 Å². The molecule has 154 valence electrons. The molecule has 1 aliphatic rings. The molecule has 1 aromatic rings. The monoisotopic (exact) mass is 394 g/mol. The van der Waals surface area contributed by atoms with Crippen LogP contribution in [0.4, 0.5) is 0 Å². The number of nitrogens with zero attached hydrogens (tertiary/aromatic N) is 4. The van der Waals surface area contributed by atoms with E-state index in [0.29, 0.717) is 6.04 Å². The van der Waals surface area contributed by atoms with Crippen molar-refractivity contribution in [2.24, 2.45) is 4.99 Å². The number of nitrogens with one attached hydrogen (secondary N) is 2. The molecule has 0 amide bonds. The smallest absolute Gasteiger partial charge is 0.191 e. The topological polar surface area (TPSA) is 67.1 Å². The minimum absolute atomic E-state index is 0.600. The molecule has 7 heteroatoms. The Morgan fingerprint density at radius 2 is 1.93 bits per heavy atom. The molecule has 0 radical (unpaired) electrons. The molecule has 0 atom stereocenters. The van der Waals surface area contributed by atoms with E-state index < -0.39 is 0 Å². The first-order chi connectivity index (χ1) is 13.3. The van der Waals surface area contributed by atoms with Crippen LogP contribution in [-0.2, 0) is 6.42 Å². The lowest BCUT2D eigenvalue weighted by atomic mass is 10.2. The van der Waals surface area contributed by atoms with Crippen LogP contribution in [0.25, 0.3) is 0 Å². The predicted molar refractivity (Wildman–Crippen MR) is 116 cm³/mol. The average Bonchev–Trinajstić information content (AvgIpc) is 3.33. The van der Waals surface area contributed by atoms with Crippen molar-refractivity contribution < 1.29 is 0 Å². The first kappa shape index (κ1) is 22.1. The lowest BCUT2D eigenvalue weighted by Crippen LogP contribution is -2.37. The van der Waals surface area contributed by atoms with Crippen LogP contribution in [0.1, 0.15) is 83.5 Å². The SMILES string of the molecule is CCCCCCNC(=NCCCc1nnc(SC)n1C1CCCC1)NCC. The molecule has 6 nitrogen and oxygen atoms in total. The van der Waals surface area contributed by atoms with E-state index in [0.717, 1.165) is 49.4 Å². The van der Waals surface area contributed by atoms with Crippen LogP contribution in [0.15, 0.2) is 10.1 Å². The summed E-state index contributed by atoms with van der Waals surface area (Å²) < 4.78 is 2.40. The number of hydrogen-bond acceptors (Lipinski definition) is 4. The molecule has 1 fully saturated rings. The maximum absolute atomic E-state index is 4.73. The van der Waals surface area contributed by atoms with Crippen molar-refractivity contribution in [2.75, 3.05) is 25.9 Å². The highest BCUT2D eigenvalue weighted by Gasteiger charge is 2.23. The fourth-order valence-electron chi connectivity index (χ4n) is 3.67. The van der Waals surface area contributed by atoms with Crippen LogP contribution in [0.5, 0.6) is 0 Å². The molecule has 0 aromatic carbocycles. The Kier molecular flexibility index (Phi) is 10.6. The lowest BCUT2D eigenvalue weighted by Gasteiger charge is -2.16. The summed E-state index contributed by atoms with van der Waals surface area (Å²) >= 11 is 1.71. The van der Waals surface area contributed by atoms with Gasteiger partial charge in [0, 0.05) is 32.1 Å². The minimum Gasteiger partial charge on any atom is -0.357 e. The number of aryl methyl sites for hydroxylation is 1. The predicted octanol–water partition coefficient (Wildman–Crippen LogP) is 4.18. The van der Waals surface area contributed by atoms with Gasteiger partial charge in [0.25, 0.3) is 0 Å². The molecule has 1 saturated carbocycles. The highest BCUT2D eigenvalue weighted by Crippen LogP contribution is 2.33. The molecule has 0 bridgehead atoms. The summed E-state index contributed by atoms with van der Waals surface area (Å²) in [6, 6.07) is 0.600. The second-order valence-electron chi connectivity index (χ2n) is 7.26. The number of aliphatic imine (C=N–C) groups is 1. The third-order valence-electron chi connectivity index (χ3n) is 5.10. The Morgan fingerprint density at radius 3 is 2.63 bits per heavy atom. The minimum atomic E-state index is 0.600. The van der Waals surface area contributed by atoms with Gasteiger partial charge in [0.05, 0.1) is 0 Å². The molecule has 2 rings (SSSR count). The molecule has 1 aromatic heterocycles. The second kappa shape index (κ2) is 13.0. The van der Waals surface area contributed by atoms with E-state index >= 15 is 0 Å². The van der Waals surface area contributed by atoms with E-state index in [1.807, 2.05) is 0 Å². The maximum Gasteiger partial charge on any atom is 0.191 e. The van der Waals surface area contributed by atoms with Crippen molar-refractivity contribution in [3.8, 4) is 0 Å². The Balaban J connectivity index is 1.81. The summed E-state index contributed by atoms with van der Waals surface area (Å²) in [6.07, 6.45) is 14.3. The van der Waals surface area contributed by atoms with Gasteiger partial charge >= 0.3 is 0 Å². The van der Waals surface area contributed by atoms with E-state index in [-0.39, 0.29) is 0 Å². The Hall–Kier alpha value is -1.24. The van der Waals surface area contributed by atoms with Crippen molar-refractivity contribution >= 4 is 17.7 Å². The molecule has 27 heavy (non-hydrogen) atoms. The van der Waals surface area contributed by atoms with Crippen LogP contribution >= 0.6 is 11.8 Å². The van der Waals surface area contributed by atoms with Crippen molar-refractivity contribution in [1.29, 1.82) is 0 Å². The zero-order valence-corrected chi connectivity index (χ0v) is 18.3. The van der Waals surface area contributed by atoms with Gasteiger partial charge in [-0.05, 0) is 38.9 Å². The molecular formula is C20H38N6S. The molecule has 0 aliphatic heterocycles. The number of aromatic nitrogens is 3. The van der Waals surface area contributed by atoms with Gasteiger partial charge in [-0.25, -0.2) is 0 Å². The molecule has 0 unspecified atom stereocenters. The lowest BCUT2D eigenvalue weighted by molar-refractivity contribution is 0.461. The van der Waals surface area contributed by atoms with Gasteiger partial charge in [-0.2, -0.15) is 0 Å². The molecule has 1 heterocycles. The standard InChI is InChI=1S/C20H38N6S/c1-4-6-7-10-15-22-19(21-5-2)23-16-11-14-18-24-25-20(27-3)26(18)17-12-8-9-13-17/h17H,4-16H2,1-3H3,(H2,21,22,23). The van der Waals surface area contributed by atoms with E-state index in [1.165, 1.54) is 51.4 Å². The van der Waals surface area contributed by atoms with Gasteiger partial charge in [0.15, 0.2) is 11.1 Å². The van der Waals surface area contributed by atoms with E-state index in [2.05, 4.69) is 45.5 Å². The van der Waals surface area contributed by atoms with Crippen LogP contribution in [0.3, 0.4) is 0 Å². The van der Waals surface area contributed by atoms with E-state index in [4.69, 9.17) is 4.99 Å². The largest absolute Gasteiger partial charge is 0.357 e. The normalized spacial score (nSPS) is 15.4. The summed E-state index contributed by atoms with van der Waals surface area (Å²) in [5.74, 6) is 2.08. The molecule has 0 spiro atoms. The van der Waals surface area contributed by atoms with Gasteiger partial charge in [-0.1, -0.05) is 50.8 Å². The fourth-order valence-corrected chi connectivity index (χ4v) is 4.25. The van der Waals surface area contributed by atoms with Crippen molar-refractivity contribution in [3.05, 3.63) is 5.82 Å². The van der Waals surface area contributed by atoms with E-state index in [9.17, 15) is 0 Å². The van der Waals surface area contributed by atoms with Crippen LogP contribution in [-0.4, -0.2) is 46.6 Å². The summed E-state index contributed by atoms with van der Waals surface area (Å²) in [4.78, 5) is 4.73. The second-order valence-corrected chi connectivity index (χ2v) is 8.04. The zero-order valence-electron chi connectivity index (χ0n) is 17.5. The molecular weight excluding hydrogens is 356 g/mol. The number of thioether (sulfide) groups is 1. The van der Waals surface area contributed by atoms with Crippen LogP contribution in [0.2, 0.25) is 0 Å². The quantitative estimate of drug-likeness (QED) is 0.241. The first-order valence-corrected chi connectivity index (χ1v) is 12.0. The first-order valence-electron chi connectivity index (χ1n) is 10.8. The Morgan fingerprint density at radius 1 is 1.11 bits per heavy atom. The maximum atomic E-state index is 4.73. The summed E-state index contributed by atoms with van der Waals surface area (Å²) in [7, 11) is 0. The van der Waals surface area contributed by atoms with E-state index in [1.54, 1.807) is 11.8 Å². The molecule has 0 saturated heterocycles. The zero-order chi connectivity index (χ0) is 19.3. The third-order valence-corrected chi connectivity index (χ3v) is 5.75. The summed E-state index contributed by atoms with van der Waals surface area (Å²) in [6.45, 7) is 7.07. The van der Waals surface area contributed by atoms with Crippen LogP contribution in [0, 0.1) is 0 Å². The number of rotatable bonds is 12. The average molecular weight is 395 g/mol. The number of hydrogen-bond donors (Lipinski definition) is 2. The Bertz CT molecular complexity index is 551.